The van der Waals surface area contributed by atoms with E-state index in [4.69, 9.17) is 28.3 Å². The molecule has 31 heavy (non-hydrogen) atoms. The monoisotopic (exact) mass is 462 g/mol. The molecule has 0 bridgehead atoms. The Bertz CT molecular complexity index is 956. The number of carbonyl (C=O) groups excluding carboxylic acids is 1. The molecule has 2 aromatic carbocycles. The number of carboxylic acids is 1. The van der Waals surface area contributed by atoms with E-state index in [2.05, 4.69) is 10.6 Å². The maximum Gasteiger partial charge on any atom is 0.306 e. The van der Waals surface area contributed by atoms with Crippen LogP contribution in [0.1, 0.15) is 60.1 Å². The fourth-order valence-corrected chi connectivity index (χ4v) is 4.54. The number of benzene rings is 2. The van der Waals surface area contributed by atoms with Gasteiger partial charge in [0.2, 0.25) is 0 Å². The van der Waals surface area contributed by atoms with Crippen LogP contribution in [0.5, 0.6) is 0 Å². The number of halogens is 2. The molecule has 3 N–H and O–H groups in total. The highest BCUT2D eigenvalue weighted by Crippen LogP contribution is 2.30. The highest BCUT2D eigenvalue weighted by molar-refractivity contribution is 6.33. The first-order chi connectivity index (χ1) is 14.7. The van der Waals surface area contributed by atoms with Crippen LogP contribution in [0.3, 0.4) is 0 Å². The van der Waals surface area contributed by atoms with Crippen LogP contribution in [0.2, 0.25) is 10.0 Å². The van der Waals surface area contributed by atoms with Gasteiger partial charge in [0, 0.05) is 27.8 Å². The lowest BCUT2D eigenvalue weighted by atomic mass is 9.82. The largest absolute Gasteiger partial charge is 0.481 e. The molecule has 166 valence electrons. The van der Waals surface area contributed by atoms with Crippen molar-refractivity contribution in [1.29, 1.82) is 0 Å². The summed E-state index contributed by atoms with van der Waals surface area (Å²) in [5, 5.41) is 16.8. The van der Waals surface area contributed by atoms with Gasteiger partial charge >= 0.3 is 5.97 Å². The van der Waals surface area contributed by atoms with E-state index in [9.17, 15) is 9.59 Å². The first kappa shape index (κ1) is 23.4. The lowest BCUT2D eigenvalue weighted by Gasteiger charge is -2.26. The molecule has 1 unspecified atom stereocenters. The van der Waals surface area contributed by atoms with E-state index in [1.807, 2.05) is 32.0 Å². The molecular weight excluding hydrogens is 435 g/mol. The van der Waals surface area contributed by atoms with Crippen LogP contribution < -0.4 is 10.6 Å². The molecule has 1 saturated carbocycles. The zero-order chi connectivity index (χ0) is 22.5. The van der Waals surface area contributed by atoms with Crippen molar-refractivity contribution in [3.05, 3.63) is 63.1 Å². The predicted octanol–water partition coefficient (Wildman–Crippen LogP) is 6.10. The van der Waals surface area contributed by atoms with Crippen molar-refractivity contribution in [2.45, 2.75) is 45.6 Å². The molecule has 1 aliphatic carbocycles. The number of hydrogen-bond acceptors (Lipinski definition) is 3. The molecule has 0 radical (unpaired) electrons. The summed E-state index contributed by atoms with van der Waals surface area (Å²) in [5.74, 6) is -0.719. The molecule has 5 nitrogen and oxygen atoms in total. The van der Waals surface area contributed by atoms with Crippen LogP contribution in [-0.4, -0.2) is 23.5 Å². The van der Waals surface area contributed by atoms with Gasteiger partial charge < -0.3 is 15.7 Å². The molecule has 0 spiro atoms. The summed E-state index contributed by atoms with van der Waals surface area (Å²) in [4.78, 5) is 23.7. The fourth-order valence-electron chi connectivity index (χ4n) is 4.08. The average molecular weight is 463 g/mol. The quantitative estimate of drug-likeness (QED) is 0.464. The third-order valence-corrected chi connectivity index (χ3v) is 6.61. The molecule has 1 fully saturated rings. The summed E-state index contributed by atoms with van der Waals surface area (Å²) in [6.07, 6.45) is 3.04. The molecule has 3 rings (SSSR count). The average Bonchev–Trinajstić information content (AvgIpc) is 2.75. The van der Waals surface area contributed by atoms with Gasteiger partial charge in [-0.15, -0.1) is 0 Å². The fraction of sp³-hybridized carbons (Fsp3) is 0.417. The maximum atomic E-state index is 12.6. The molecule has 2 aromatic rings. The van der Waals surface area contributed by atoms with Crippen LogP contribution in [0.4, 0.5) is 5.69 Å². The van der Waals surface area contributed by atoms with E-state index in [0.29, 0.717) is 40.9 Å². The number of carbonyl (C=O) groups is 2. The second-order valence-electron chi connectivity index (χ2n) is 8.33. The molecule has 0 heterocycles. The number of rotatable bonds is 7. The highest BCUT2D eigenvalue weighted by Gasteiger charge is 2.26. The van der Waals surface area contributed by atoms with Crippen LogP contribution >= 0.6 is 23.2 Å². The molecular formula is C24H28Cl2N2O3. The first-order valence-corrected chi connectivity index (χ1v) is 11.3. The number of aryl methyl sites for hydroxylation is 1. The topological polar surface area (TPSA) is 78.4 Å². The summed E-state index contributed by atoms with van der Waals surface area (Å²) >= 11 is 12.4. The van der Waals surface area contributed by atoms with Crippen LogP contribution in [0.15, 0.2) is 36.4 Å². The van der Waals surface area contributed by atoms with Crippen LogP contribution in [0.25, 0.3) is 0 Å². The van der Waals surface area contributed by atoms with E-state index < -0.39 is 5.97 Å². The van der Waals surface area contributed by atoms with Crippen molar-refractivity contribution in [2.75, 3.05) is 11.9 Å². The maximum absolute atomic E-state index is 12.6. The minimum absolute atomic E-state index is 0.0505. The zero-order valence-electron chi connectivity index (χ0n) is 17.8. The van der Waals surface area contributed by atoms with E-state index in [1.54, 1.807) is 18.2 Å². The summed E-state index contributed by atoms with van der Waals surface area (Å²) in [6.45, 7) is 4.55. The van der Waals surface area contributed by atoms with Crippen molar-refractivity contribution < 1.29 is 14.7 Å². The lowest BCUT2D eigenvalue weighted by molar-refractivity contribution is -0.143. The van der Waals surface area contributed by atoms with Gasteiger partial charge in [0.1, 0.15) is 0 Å². The number of hydrogen-bond donors (Lipinski definition) is 3. The molecule has 1 atom stereocenters. The summed E-state index contributed by atoms with van der Waals surface area (Å²) in [7, 11) is 0. The first-order valence-electron chi connectivity index (χ1n) is 10.6. The van der Waals surface area contributed by atoms with E-state index in [1.165, 1.54) is 0 Å². The van der Waals surface area contributed by atoms with Crippen LogP contribution in [0, 0.1) is 18.8 Å². The Morgan fingerprint density at radius 1 is 1.10 bits per heavy atom. The second-order valence-corrected chi connectivity index (χ2v) is 9.17. The smallest absolute Gasteiger partial charge is 0.306 e. The molecule has 0 saturated heterocycles. The van der Waals surface area contributed by atoms with E-state index in [0.717, 1.165) is 29.7 Å². The number of aliphatic carboxylic acids is 1. The zero-order valence-corrected chi connectivity index (χ0v) is 19.3. The Morgan fingerprint density at radius 2 is 1.81 bits per heavy atom. The van der Waals surface area contributed by atoms with E-state index in [-0.39, 0.29) is 17.9 Å². The van der Waals surface area contributed by atoms with E-state index >= 15 is 0 Å². The Kier molecular flexibility index (Phi) is 7.84. The van der Waals surface area contributed by atoms with Crippen molar-refractivity contribution in [3.63, 3.8) is 0 Å². The number of amides is 1. The normalized spacial score (nSPS) is 19.5. The number of carboxylic acid groups (broad SMARTS) is 1. The minimum atomic E-state index is -0.710. The summed E-state index contributed by atoms with van der Waals surface area (Å²) < 4.78 is 0. The van der Waals surface area contributed by atoms with Crippen molar-refractivity contribution in [3.8, 4) is 0 Å². The third kappa shape index (κ3) is 6.14. The minimum Gasteiger partial charge on any atom is -0.481 e. The highest BCUT2D eigenvalue weighted by atomic mass is 35.5. The molecule has 0 aromatic heterocycles. The molecule has 0 aliphatic heterocycles. The predicted molar refractivity (Wildman–Crippen MR) is 125 cm³/mol. The van der Waals surface area contributed by atoms with Gasteiger partial charge in [-0.3, -0.25) is 9.59 Å². The summed E-state index contributed by atoms with van der Waals surface area (Å²) in [6, 6.07) is 10.9. The van der Waals surface area contributed by atoms with Crippen molar-refractivity contribution in [2.24, 2.45) is 11.8 Å². The Balaban J connectivity index is 1.57. The second kappa shape index (κ2) is 10.4. The van der Waals surface area contributed by atoms with Gasteiger partial charge in [-0.25, -0.2) is 0 Å². The van der Waals surface area contributed by atoms with Gasteiger partial charge in [0.15, 0.2) is 0 Å². The Morgan fingerprint density at radius 3 is 2.45 bits per heavy atom. The lowest BCUT2D eigenvalue weighted by Crippen LogP contribution is -2.32. The standard InChI is InChI=1S/C24H28Cl2N2O3/c1-14-11-18(23(29)27-13-16-3-5-17(6-4-16)24(30)31)7-10-22(14)28-15(2)20-12-19(25)8-9-21(20)26/h7-12,15-17,28H,3-6,13H2,1-2H3,(H,27,29)(H,30,31)/t15?,16-,17-. The van der Waals surface area contributed by atoms with Crippen molar-refractivity contribution >= 4 is 40.8 Å². The van der Waals surface area contributed by atoms with Gasteiger partial charge in [0.05, 0.1) is 12.0 Å². The number of nitrogens with one attached hydrogen (secondary N) is 2. The van der Waals surface area contributed by atoms with Gasteiger partial charge in [0.25, 0.3) is 5.91 Å². The van der Waals surface area contributed by atoms with Crippen molar-refractivity contribution in [1.82, 2.24) is 5.32 Å². The summed E-state index contributed by atoms with van der Waals surface area (Å²) in [5.41, 5.74) is 3.40. The van der Waals surface area contributed by atoms with Gasteiger partial charge in [-0.1, -0.05) is 23.2 Å². The molecule has 7 heteroatoms. The molecule has 1 amide bonds. The SMILES string of the molecule is Cc1cc(C(=O)NC[C@H]2CC[C@H](C(=O)O)CC2)ccc1NC(C)c1cc(Cl)ccc1Cl. The molecule has 1 aliphatic rings. The van der Waals surface area contributed by atoms with Gasteiger partial charge in [-0.05, 0) is 93.0 Å². The van der Waals surface area contributed by atoms with Crippen LogP contribution in [-0.2, 0) is 4.79 Å². The number of anilines is 1. The van der Waals surface area contributed by atoms with Gasteiger partial charge in [-0.2, -0.15) is 0 Å². The Labute approximate surface area is 193 Å². The Hall–Kier alpha value is -2.24. The third-order valence-electron chi connectivity index (χ3n) is 6.03.